The van der Waals surface area contributed by atoms with Gasteiger partial charge in [0.1, 0.15) is 11.9 Å². The molecule has 1 aromatic heterocycles. The highest BCUT2D eigenvalue weighted by atomic mass is 127. The van der Waals surface area contributed by atoms with E-state index in [0.717, 1.165) is 29.8 Å². The summed E-state index contributed by atoms with van der Waals surface area (Å²) in [7, 11) is 0. The molecule has 4 atom stereocenters. The topological polar surface area (TPSA) is 22.3 Å². The van der Waals surface area contributed by atoms with Gasteiger partial charge in [-0.2, -0.15) is 0 Å². The summed E-state index contributed by atoms with van der Waals surface area (Å²) < 4.78 is 10.0. The number of halogens is 1. The molecule has 2 aliphatic rings. The van der Waals surface area contributed by atoms with Gasteiger partial charge in [-0.05, 0) is 69.0 Å². The zero-order valence-electron chi connectivity index (χ0n) is 30.7. The first kappa shape index (κ1) is 34.3. The minimum Gasteiger partial charge on any atom is -0.488 e. The van der Waals surface area contributed by atoms with Crippen molar-refractivity contribution in [2.45, 2.75) is 123 Å². The molecule has 1 aliphatic heterocycles. The fourth-order valence-electron chi connectivity index (χ4n) is 7.96. The van der Waals surface area contributed by atoms with E-state index in [1.54, 1.807) is 0 Å². The van der Waals surface area contributed by atoms with Crippen molar-refractivity contribution in [1.29, 1.82) is 0 Å². The molecule has 47 heavy (non-hydrogen) atoms. The average Bonchev–Trinajstić information content (AvgIpc) is 3.27. The molecule has 3 nitrogen and oxygen atoms in total. The van der Waals surface area contributed by atoms with Crippen molar-refractivity contribution >= 4 is 33.4 Å². The molecule has 3 aromatic carbocycles. The number of pyridine rings is 1. The van der Waals surface area contributed by atoms with Crippen molar-refractivity contribution in [1.82, 2.24) is 0 Å². The smallest absolute Gasteiger partial charge is 0.268 e. The van der Waals surface area contributed by atoms with Gasteiger partial charge in [-0.3, -0.25) is 4.84 Å². The Morgan fingerprint density at radius 2 is 1.47 bits per heavy atom. The van der Waals surface area contributed by atoms with Crippen LogP contribution in [0.5, 0.6) is 5.75 Å². The standard InChI is InChI=1S/C43H55INO2/c1-13-41(7,8)38-36(26(3)44)39(42(9,10)14-2)47-45-22-21-28(40(4,5)6)23-34(45)32-24-31-30-20-19-27-17-15-16-18-29(27)37(30)43(11,12)33(31)25-35(32)46-38/h15-26,36,38-39H,13-14H2,1-12H3/q+1. The molecule has 0 fully saturated rings. The van der Waals surface area contributed by atoms with Crippen molar-refractivity contribution < 1.29 is 14.3 Å². The van der Waals surface area contributed by atoms with E-state index in [2.05, 4.69) is 177 Å². The van der Waals surface area contributed by atoms with Gasteiger partial charge in [-0.1, -0.05) is 142 Å². The molecule has 0 radical (unpaired) electrons. The van der Waals surface area contributed by atoms with Crippen LogP contribution in [-0.4, -0.2) is 16.1 Å². The molecule has 4 heteroatoms. The summed E-state index contributed by atoms with van der Waals surface area (Å²) >= 11 is 2.64. The predicted octanol–water partition coefficient (Wildman–Crippen LogP) is 11.3. The molecule has 0 saturated heterocycles. The summed E-state index contributed by atoms with van der Waals surface area (Å²) in [4.78, 5) is 7.36. The molecule has 4 unspecified atom stereocenters. The lowest BCUT2D eigenvalue weighted by molar-refractivity contribution is -0.894. The van der Waals surface area contributed by atoms with Crippen LogP contribution in [-0.2, 0) is 10.8 Å². The molecule has 0 amide bonds. The normalized spacial score (nSPS) is 21.3. The lowest BCUT2D eigenvalue weighted by Crippen LogP contribution is -2.61. The van der Waals surface area contributed by atoms with Crippen LogP contribution in [0.3, 0.4) is 0 Å². The number of hydrogen-bond donors (Lipinski definition) is 0. The third kappa shape index (κ3) is 5.68. The van der Waals surface area contributed by atoms with E-state index in [9.17, 15) is 0 Å². The second kappa shape index (κ2) is 11.8. The Hall–Kier alpha value is -2.60. The van der Waals surface area contributed by atoms with Crippen LogP contribution >= 0.6 is 22.6 Å². The van der Waals surface area contributed by atoms with Gasteiger partial charge < -0.3 is 4.74 Å². The Kier molecular flexibility index (Phi) is 8.59. The second-order valence-corrected chi connectivity index (χ2v) is 19.1. The number of benzene rings is 3. The molecule has 0 N–H and O–H groups in total. The van der Waals surface area contributed by atoms with Crippen LogP contribution in [0, 0.1) is 16.7 Å². The summed E-state index contributed by atoms with van der Waals surface area (Å²) in [6, 6.07) is 22.8. The molecule has 0 bridgehead atoms. The van der Waals surface area contributed by atoms with Crippen LogP contribution in [0.4, 0.5) is 0 Å². The molecular weight excluding hydrogens is 689 g/mol. The van der Waals surface area contributed by atoms with Gasteiger partial charge >= 0.3 is 0 Å². The van der Waals surface area contributed by atoms with Crippen molar-refractivity contribution in [3.8, 4) is 28.1 Å². The fourth-order valence-corrected chi connectivity index (χ4v) is 8.71. The minimum atomic E-state index is -0.180. The summed E-state index contributed by atoms with van der Waals surface area (Å²) in [5.74, 6) is 1.11. The highest BCUT2D eigenvalue weighted by molar-refractivity contribution is 14.1. The zero-order valence-corrected chi connectivity index (χ0v) is 32.9. The average molecular weight is 745 g/mol. The third-order valence-electron chi connectivity index (χ3n) is 11.8. The molecular formula is C43H55INO2+. The van der Waals surface area contributed by atoms with Gasteiger partial charge in [0, 0.05) is 37.0 Å². The van der Waals surface area contributed by atoms with E-state index in [1.807, 2.05) is 0 Å². The van der Waals surface area contributed by atoms with Gasteiger partial charge in [-0.15, -0.1) is 0 Å². The third-order valence-corrected chi connectivity index (χ3v) is 12.6. The second-order valence-electron chi connectivity index (χ2n) is 17.1. The maximum absolute atomic E-state index is 7.61. The van der Waals surface area contributed by atoms with Gasteiger partial charge in [0.05, 0.1) is 11.5 Å². The van der Waals surface area contributed by atoms with Crippen molar-refractivity contribution in [2.75, 3.05) is 0 Å². The Labute approximate surface area is 297 Å². The number of rotatable bonds is 5. The van der Waals surface area contributed by atoms with Crippen LogP contribution in [0.1, 0.15) is 113 Å². The molecule has 6 rings (SSSR count). The molecule has 0 saturated carbocycles. The maximum Gasteiger partial charge on any atom is 0.268 e. The fraction of sp³-hybridized carbons (Fsp3) is 0.512. The van der Waals surface area contributed by atoms with Gasteiger partial charge in [0.2, 0.25) is 6.20 Å². The quantitative estimate of drug-likeness (QED) is 0.115. The Bertz CT molecular complexity index is 1830. The van der Waals surface area contributed by atoms with Crippen molar-refractivity contribution in [3.63, 3.8) is 0 Å². The summed E-state index contributed by atoms with van der Waals surface area (Å²) in [6.07, 6.45) is 4.05. The SMILES string of the molecule is CCC(C)(C)C1Oc2cc3c(cc2-c2cc(C(C)(C)C)cc[n+]2OC(C(C)(C)CC)C1C(C)I)-c1ccc2ccccc2c1C3(C)C. The summed E-state index contributed by atoms with van der Waals surface area (Å²) in [5, 5.41) is 2.62. The number of nitrogens with zero attached hydrogens (tertiary/aromatic N) is 1. The zero-order chi connectivity index (χ0) is 34.3. The summed E-state index contributed by atoms with van der Waals surface area (Å²) in [5.41, 5.74) is 8.41. The highest BCUT2D eigenvalue weighted by Gasteiger charge is 2.52. The largest absolute Gasteiger partial charge is 0.488 e. The molecule has 1 aliphatic carbocycles. The first-order valence-corrected chi connectivity index (χ1v) is 18.9. The van der Waals surface area contributed by atoms with E-state index in [4.69, 9.17) is 9.57 Å². The molecule has 0 spiro atoms. The van der Waals surface area contributed by atoms with E-state index < -0.39 is 0 Å². The van der Waals surface area contributed by atoms with Crippen molar-refractivity contribution in [3.05, 3.63) is 83.6 Å². The lowest BCUT2D eigenvalue weighted by atomic mass is 9.68. The Morgan fingerprint density at radius 3 is 2.11 bits per heavy atom. The minimum absolute atomic E-state index is 0.0205. The van der Waals surface area contributed by atoms with Crippen LogP contribution in [0.2, 0.25) is 0 Å². The number of ether oxygens (including phenoxy) is 1. The van der Waals surface area contributed by atoms with E-state index in [-0.39, 0.29) is 39.8 Å². The maximum atomic E-state index is 7.61. The molecule has 4 aromatic rings. The van der Waals surface area contributed by atoms with E-state index >= 15 is 0 Å². The number of fused-ring (bicyclic) bond motifs is 8. The molecule has 250 valence electrons. The first-order valence-electron chi connectivity index (χ1n) is 17.7. The van der Waals surface area contributed by atoms with Gasteiger partial charge in [0.15, 0.2) is 6.10 Å². The van der Waals surface area contributed by atoms with E-state index in [1.165, 1.54) is 38.6 Å². The number of alkyl halides is 1. The van der Waals surface area contributed by atoms with Crippen LogP contribution < -0.4 is 14.3 Å². The highest BCUT2D eigenvalue weighted by Crippen LogP contribution is 2.55. The van der Waals surface area contributed by atoms with Crippen LogP contribution in [0.25, 0.3) is 33.2 Å². The van der Waals surface area contributed by atoms with Gasteiger partial charge in [0.25, 0.3) is 5.69 Å². The number of aromatic nitrogens is 1. The predicted molar refractivity (Wildman–Crippen MR) is 206 cm³/mol. The Morgan fingerprint density at radius 1 is 0.809 bits per heavy atom. The van der Waals surface area contributed by atoms with E-state index in [0.29, 0.717) is 3.92 Å². The van der Waals surface area contributed by atoms with Crippen LogP contribution in [0.15, 0.2) is 66.9 Å². The first-order chi connectivity index (χ1) is 21.9. The Balaban J connectivity index is 1.71. The van der Waals surface area contributed by atoms with Crippen molar-refractivity contribution in [2.24, 2.45) is 16.7 Å². The monoisotopic (exact) mass is 744 g/mol. The molecule has 2 heterocycles. The summed E-state index contributed by atoms with van der Waals surface area (Å²) in [6.45, 7) is 28.1. The number of hydrogen-bond acceptors (Lipinski definition) is 2. The lowest BCUT2D eigenvalue weighted by Gasteiger charge is -2.45. The van der Waals surface area contributed by atoms with Gasteiger partial charge in [-0.25, -0.2) is 0 Å².